The van der Waals surface area contributed by atoms with Crippen molar-refractivity contribution in [1.29, 1.82) is 0 Å². The lowest BCUT2D eigenvalue weighted by atomic mass is 9.97. The van der Waals surface area contributed by atoms with Crippen molar-refractivity contribution >= 4 is 17.7 Å². The minimum Gasteiger partial charge on any atom is -0.356 e. The van der Waals surface area contributed by atoms with Gasteiger partial charge in [-0.3, -0.25) is 4.79 Å². The molecular weight excluding hydrogens is 292 g/mol. The van der Waals surface area contributed by atoms with E-state index in [9.17, 15) is 4.79 Å². The lowest BCUT2D eigenvalue weighted by Crippen LogP contribution is -2.43. The Hall–Kier alpha value is -1.00. The van der Waals surface area contributed by atoms with Crippen LogP contribution in [0.1, 0.15) is 31.7 Å². The quantitative estimate of drug-likeness (QED) is 0.747. The van der Waals surface area contributed by atoms with Gasteiger partial charge in [0.15, 0.2) is 0 Å². The van der Waals surface area contributed by atoms with Gasteiger partial charge in [0.2, 0.25) is 5.91 Å². The number of amides is 1. The Labute approximate surface area is 138 Å². The summed E-state index contributed by atoms with van der Waals surface area (Å²) < 4.78 is 0. The Morgan fingerprint density at radius 2 is 2.18 bits per heavy atom. The lowest BCUT2D eigenvalue weighted by molar-refractivity contribution is -0.126. The van der Waals surface area contributed by atoms with Crippen LogP contribution in [0.5, 0.6) is 0 Å². The molecule has 0 saturated carbocycles. The van der Waals surface area contributed by atoms with Crippen LogP contribution in [0.4, 0.5) is 0 Å². The third kappa shape index (κ3) is 6.01. The highest BCUT2D eigenvalue weighted by atomic mass is 32.2. The Kier molecular flexibility index (Phi) is 7.81. The van der Waals surface area contributed by atoms with Crippen LogP contribution in [0.25, 0.3) is 0 Å². The molecule has 1 N–H and O–H groups in total. The number of hydrogen-bond donors (Lipinski definition) is 1. The van der Waals surface area contributed by atoms with Crippen LogP contribution < -0.4 is 5.32 Å². The lowest BCUT2D eigenvalue weighted by Gasteiger charge is -2.30. The minimum atomic E-state index is 0.200. The summed E-state index contributed by atoms with van der Waals surface area (Å²) >= 11 is 1.94. The maximum Gasteiger partial charge on any atom is 0.224 e. The van der Waals surface area contributed by atoms with Crippen LogP contribution >= 0.6 is 11.8 Å². The molecule has 1 aliphatic heterocycles. The predicted molar refractivity (Wildman–Crippen MR) is 95.1 cm³/mol. The van der Waals surface area contributed by atoms with Gasteiger partial charge < -0.3 is 10.2 Å². The fraction of sp³-hybridized carbons (Fsp3) is 0.611. The standard InChI is InChI=1S/C18H28N2OS/c1-2-20-12-6-10-17(14-20)18(21)19-11-7-13-22-15-16-8-4-3-5-9-16/h3-5,8-9,17H,2,6-7,10-15H2,1H3,(H,19,21)/t17-/m1/s1. The minimum absolute atomic E-state index is 0.200. The average Bonchev–Trinajstić information content (AvgIpc) is 2.58. The normalized spacial score (nSPS) is 19.0. The first-order chi connectivity index (χ1) is 10.8. The van der Waals surface area contributed by atoms with Gasteiger partial charge in [-0.15, -0.1) is 0 Å². The Morgan fingerprint density at radius 3 is 2.95 bits per heavy atom. The van der Waals surface area contributed by atoms with E-state index in [1.165, 1.54) is 5.56 Å². The average molecular weight is 321 g/mol. The summed E-state index contributed by atoms with van der Waals surface area (Å²) in [6.07, 6.45) is 3.25. The van der Waals surface area contributed by atoms with E-state index in [0.29, 0.717) is 0 Å². The largest absolute Gasteiger partial charge is 0.356 e. The second kappa shape index (κ2) is 9.90. The molecule has 0 spiro atoms. The highest BCUT2D eigenvalue weighted by Crippen LogP contribution is 2.16. The van der Waals surface area contributed by atoms with Gasteiger partial charge in [0.25, 0.3) is 0 Å². The molecule has 1 aromatic carbocycles. The zero-order valence-corrected chi connectivity index (χ0v) is 14.4. The summed E-state index contributed by atoms with van der Waals surface area (Å²) in [6, 6.07) is 10.5. The molecule has 122 valence electrons. The molecule has 1 aromatic rings. The topological polar surface area (TPSA) is 32.3 Å². The van der Waals surface area contributed by atoms with Crippen molar-refractivity contribution in [2.24, 2.45) is 5.92 Å². The molecule has 0 radical (unpaired) electrons. The van der Waals surface area contributed by atoms with E-state index in [4.69, 9.17) is 0 Å². The maximum absolute atomic E-state index is 12.2. The fourth-order valence-corrected chi connectivity index (χ4v) is 3.77. The van der Waals surface area contributed by atoms with E-state index in [1.807, 2.05) is 11.8 Å². The Balaban J connectivity index is 1.53. The monoisotopic (exact) mass is 320 g/mol. The van der Waals surface area contributed by atoms with E-state index >= 15 is 0 Å². The summed E-state index contributed by atoms with van der Waals surface area (Å²) in [5, 5.41) is 3.12. The van der Waals surface area contributed by atoms with Crippen LogP contribution in [0.3, 0.4) is 0 Å². The van der Waals surface area contributed by atoms with Crippen molar-refractivity contribution in [3.05, 3.63) is 35.9 Å². The number of benzene rings is 1. The van der Waals surface area contributed by atoms with Gasteiger partial charge in [0.05, 0.1) is 5.92 Å². The maximum atomic E-state index is 12.2. The molecule has 0 bridgehead atoms. The van der Waals surface area contributed by atoms with Gasteiger partial charge in [0, 0.05) is 18.8 Å². The number of piperidine rings is 1. The number of rotatable bonds is 8. The van der Waals surface area contributed by atoms with E-state index < -0.39 is 0 Å². The summed E-state index contributed by atoms with van der Waals surface area (Å²) in [4.78, 5) is 14.5. The van der Waals surface area contributed by atoms with Gasteiger partial charge in [-0.25, -0.2) is 0 Å². The zero-order valence-electron chi connectivity index (χ0n) is 13.6. The Morgan fingerprint density at radius 1 is 1.36 bits per heavy atom. The van der Waals surface area contributed by atoms with Crippen molar-refractivity contribution in [1.82, 2.24) is 10.2 Å². The Bertz CT molecular complexity index is 438. The van der Waals surface area contributed by atoms with Crippen LogP contribution in [0.2, 0.25) is 0 Å². The van der Waals surface area contributed by atoms with E-state index in [1.54, 1.807) is 0 Å². The van der Waals surface area contributed by atoms with Crippen molar-refractivity contribution in [2.45, 2.75) is 31.9 Å². The van der Waals surface area contributed by atoms with Crippen LogP contribution in [-0.4, -0.2) is 42.7 Å². The first-order valence-electron chi connectivity index (χ1n) is 8.41. The van der Waals surface area contributed by atoms with Gasteiger partial charge in [-0.2, -0.15) is 11.8 Å². The second-order valence-corrected chi connectivity index (χ2v) is 7.02. The van der Waals surface area contributed by atoms with Gasteiger partial charge >= 0.3 is 0 Å². The molecule has 2 rings (SSSR count). The molecule has 0 aromatic heterocycles. The zero-order chi connectivity index (χ0) is 15.6. The van der Waals surface area contributed by atoms with E-state index in [2.05, 4.69) is 47.5 Å². The molecule has 0 aliphatic carbocycles. The molecule has 1 atom stereocenters. The number of nitrogens with one attached hydrogen (secondary N) is 1. The van der Waals surface area contributed by atoms with Gasteiger partial charge in [-0.1, -0.05) is 37.3 Å². The molecule has 1 fully saturated rings. The molecule has 1 aliphatic rings. The molecule has 0 unspecified atom stereocenters. The molecule has 4 heteroatoms. The first kappa shape index (κ1) is 17.4. The second-order valence-electron chi connectivity index (χ2n) is 5.92. The summed E-state index contributed by atoms with van der Waals surface area (Å²) in [5.74, 6) is 2.61. The number of thioether (sulfide) groups is 1. The van der Waals surface area contributed by atoms with Crippen molar-refractivity contribution in [3.8, 4) is 0 Å². The van der Waals surface area contributed by atoms with Crippen molar-refractivity contribution < 1.29 is 4.79 Å². The van der Waals surface area contributed by atoms with E-state index in [0.717, 1.165) is 56.9 Å². The third-order valence-corrected chi connectivity index (χ3v) is 5.31. The van der Waals surface area contributed by atoms with Gasteiger partial charge in [-0.05, 0) is 43.7 Å². The molecule has 1 heterocycles. The highest BCUT2D eigenvalue weighted by molar-refractivity contribution is 7.98. The molecule has 1 amide bonds. The van der Waals surface area contributed by atoms with Crippen molar-refractivity contribution in [2.75, 3.05) is 31.9 Å². The summed E-state index contributed by atoms with van der Waals surface area (Å²) in [7, 11) is 0. The van der Waals surface area contributed by atoms with Crippen LogP contribution in [0.15, 0.2) is 30.3 Å². The smallest absolute Gasteiger partial charge is 0.224 e. The molecular formula is C18H28N2OS. The summed E-state index contributed by atoms with van der Waals surface area (Å²) in [6.45, 7) is 6.12. The number of hydrogen-bond acceptors (Lipinski definition) is 3. The number of carbonyl (C=O) groups excluding carboxylic acids is 1. The molecule has 3 nitrogen and oxygen atoms in total. The fourth-order valence-electron chi connectivity index (χ4n) is 2.85. The number of likely N-dealkylation sites (tertiary alicyclic amines) is 1. The number of carbonyl (C=O) groups is 1. The SMILES string of the molecule is CCN1CCC[C@@H](C(=O)NCCCSCc2ccccc2)C1. The van der Waals surface area contributed by atoms with Crippen LogP contribution in [0, 0.1) is 5.92 Å². The molecule has 22 heavy (non-hydrogen) atoms. The van der Waals surface area contributed by atoms with Crippen LogP contribution in [-0.2, 0) is 10.5 Å². The number of nitrogens with zero attached hydrogens (tertiary/aromatic N) is 1. The first-order valence-corrected chi connectivity index (χ1v) is 9.56. The summed E-state index contributed by atoms with van der Waals surface area (Å²) in [5.41, 5.74) is 1.37. The third-order valence-electron chi connectivity index (χ3n) is 4.20. The van der Waals surface area contributed by atoms with Gasteiger partial charge in [0.1, 0.15) is 0 Å². The highest BCUT2D eigenvalue weighted by Gasteiger charge is 2.24. The van der Waals surface area contributed by atoms with E-state index in [-0.39, 0.29) is 11.8 Å². The predicted octanol–water partition coefficient (Wildman–Crippen LogP) is 3.16. The van der Waals surface area contributed by atoms with Crippen molar-refractivity contribution in [3.63, 3.8) is 0 Å². The molecule has 1 saturated heterocycles.